The van der Waals surface area contributed by atoms with E-state index in [9.17, 15) is 4.79 Å². The van der Waals surface area contributed by atoms with E-state index in [4.69, 9.17) is 61.6 Å². The Balaban J connectivity index is 3.09. The zero-order chi connectivity index (χ0) is 43.2. The van der Waals surface area contributed by atoms with Crippen LogP contribution in [0.15, 0.2) is 0 Å². The number of hydrogen-bond acceptors (Lipinski definition) is 14. The van der Waals surface area contributed by atoms with Gasteiger partial charge in [0.1, 0.15) is 6.61 Å². The van der Waals surface area contributed by atoms with Crippen LogP contribution < -0.4 is 0 Å². The molecule has 0 atom stereocenters. The summed E-state index contributed by atoms with van der Waals surface area (Å²) in [6, 6.07) is 0. The Labute approximate surface area is 366 Å². The summed E-state index contributed by atoms with van der Waals surface area (Å²) in [5, 5.41) is 0. The number of carbonyl (C=O) groups is 1. The van der Waals surface area contributed by atoms with E-state index in [1.807, 2.05) is 0 Å². The second kappa shape index (κ2) is 56.0. The topological polar surface area (TPSA) is 137 Å². The second-order valence-corrected chi connectivity index (χ2v) is 14.6. The second-order valence-electron chi connectivity index (χ2n) is 14.6. The molecule has 0 spiro atoms. The fourth-order valence-corrected chi connectivity index (χ4v) is 5.73. The predicted molar refractivity (Wildman–Crippen MR) is 235 cm³/mol. The fraction of sp³-hybridized carbons (Fsp3) is 0.978. The third-order valence-corrected chi connectivity index (χ3v) is 9.21. The molecular weight excluding hydrogens is 776 g/mol. The molecule has 0 N–H and O–H groups in total. The highest BCUT2D eigenvalue weighted by Crippen LogP contribution is 2.11. The molecule has 0 saturated carbocycles. The maximum Gasteiger partial charge on any atom is 0.305 e. The molecule has 0 saturated heterocycles. The molecule has 0 heterocycles. The van der Waals surface area contributed by atoms with Crippen LogP contribution in [0, 0.1) is 0 Å². The Kier molecular flexibility index (Phi) is 55.1. The van der Waals surface area contributed by atoms with Gasteiger partial charge in [-0.2, -0.15) is 0 Å². The first-order valence-electron chi connectivity index (χ1n) is 23.9. The summed E-state index contributed by atoms with van der Waals surface area (Å²) >= 11 is 0. The van der Waals surface area contributed by atoms with Gasteiger partial charge in [0.2, 0.25) is 0 Å². The van der Waals surface area contributed by atoms with Crippen molar-refractivity contribution in [3.8, 4) is 0 Å². The fourth-order valence-electron chi connectivity index (χ4n) is 5.73. The lowest BCUT2D eigenvalue weighted by Gasteiger charge is -2.09. The Morgan fingerprint density at radius 2 is 0.433 bits per heavy atom. The minimum absolute atomic E-state index is 0.143. The molecule has 0 amide bonds. The Morgan fingerprint density at radius 1 is 0.233 bits per heavy atom. The third-order valence-electron chi connectivity index (χ3n) is 9.21. The SMILES string of the molecule is CCCCCCCCCCCCCOCCOCCOCCOCCOCCOCCOCCOCCOCCOCCOCCOCCOC(=O)CCCCCCCC. The van der Waals surface area contributed by atoms with Crippen LogP contribution in [0.4, 0.5) is 0 Å². The van der Waals surface area contributed by atoms with Crippen molar-refractivity contribution in [1.29, 1.82) is 0 Å². The summed E-state index contributed by atoms with van der Waals surface area (Å²) in [7, 11) is 0. The Bertz CT molecular complexity index is 781. The van der Waals surface area contributed by atoms with E-state index in [0.29, 0.717) is 158 Å². The summed E-state index contributed by atoms with van der Waals surface area (Å²) in [4.78, 5) is 11.7. The van der Waals surface area contributed by atoms with Crippen molar-refractivity contribution in [1.82, 2.24) is 0 Å². The van der Waals surface area contributed by atoms with Gasteiger partial charge in [-0.05, 0) is 12.8 Å². The van der Waals surface area contributed by atoms with Crippen LogP contribution in [0.25, 0.3) is 0 Å². The first kappa shape index (κ1) is 59.0. The summed E-state index contributed by atoms with van der Waals surface area (Å²) < 4.78 is 71.5. The van der Waals surface area contributed by atoms with Crippen LogP contribution in [-0.2, 0) is 66.4 Å². The molecular formula is C46H92O14. The molecule has 0 aliphatic heterocycles. The van der Waals surface area contributed by atoms with Crippen molar-refractivity contribution in [2.45, 2.75) is 129 Å². The van der Waals surface area contributed by atoms with Crippen molar-refractivity contribution in [2.24, 2.45) is 0 Å². The highest BCUT2D eigenvalue weighted by atomic mass is 16.6. The van der Waals surface area contributed by atoms with E-state index in [-0.39, 0.29) is 12.6 Å². The summed E-state index contributed by atoms with van der Waals surface area (Å²) in [5.74, 6) is -0.143. The molecule has 14 nitrogen and oxygen atoms in total. The quantitative estimate of drug-likeness (QED) is 0.0435. The van der Waals surface area contributed by atoms with E-state index in [2.05, 4.69) is 13.8 Å². The van der Waals surface area contributed by atoms with Gasteiger partial charge in [0.25, 0.3) is 0 Å². The van der Waals surface area contributed by atoms with Crippen LogP contribution in [0.2, 0.25) is 0 Å². The van der Waals surface area contributed by atoms with Crippen LogP contribution >= 0.6 is 0 Å². The molecule has 0 rings (SSSR count). The smallest absolute Gasteiger partial charge is 0.305 e. The highest BCUT2D eigenvalue weighted by Gasteiger charge is 2.03. The minimum Gasteiger partial charge on any atom is -0.463 e. The zero-order valence-corrected chi connectivity index (χ0v) is 38.6. The lowest BCUT2D eigenvalue weighted by Crippen LogP contribution is -2.15. The van der Waals surface area contributed by atoms with E-state index < -0.39 is 0 Å². The van der Waals surface area contributed by atoms with Crippen LogP contribution in [0.5, 0.6) is 0 Å². The lowest BCUT2D eigenvalue weighted by atomic mass is 10.1. The molecule has 0 aromatic heterocycles. The number of esters is 1. The van der Waals surface area contributed by atoms with Gasteiger partial charge in [-0.1, -0.05) is 110 Å². The van der Waals surface area contributed by atoms with Crippen molar-refractivity contribution < 1.29 is 66.4 Å². The molecule has 0 aliphatic rings. The van der Waals surface area contributed by atoms with E-state index in [0.717, 1.165) is 25.9 Å². The Morgan fingerprint density at radius 3 is 0.700 bits per heavy atom. The Hall–Kier alpha value is -1.01. The van der Waals surface area contributed by atoms with E-state index in [1.54, 1.807) is 0 Å². The molecule has 0 aromatic rings. The zero-order valence-electron chi connectivity index (χ0n) is 38.6. The van der Waals surface area contributed by atoms with Gasteiger partial charge in [0.15, 0.2) is 0 Å². The van der Waals surface area contributed by atoms with Crippen molar-refractivity contribution in [3.05, 3.63) is 0 Å². The average molecular weight is 869 g/mol. The molecule has 0 fully saturated rings. The normalized spacial score (nSPS) is 11.6. The minimum atomic E-state index is -0.143. The van der Waals surface area contributed by atoms with Crippen LogP contribution in [0.1, 0.15) is 129 Å². The number of ether oxygens (including phenoxy) is 13. The predicted octanol–water partition coefficient (Wildman–Crippen LogP) is 7.79. The summed E-state index contributed by atoms with van der Waals surface area (Å²) in [6.45, 7) is 17.4. The maximum atomic E-state index is 11.7. The molecule has 60 heavy (non-hydrogen) atoms. The van der Waals surface area contributed by atoms with Gasteiger partial charge in [0, 0.05) is 13.0 Å². The lowest BCUT2D eigenvalue weighted by molar-refractivity contribution is -0.145. The van der Waals surface area contributed by atoms with Gasteiger partial charge in [-0.15, -0.1) is 0 Å². The third kappa shape index (κ3) is 55.0. The van der Waals surface area contributed by atoms with Gasteiger partial charge in [0.05, 0.1) is 152 Å². The molecule has 0 radical (unpaired) electrons. The number of carbonyl (C=O) groups excluding carboxylic acids is 1. The average Bonchev–Trinajstić information content (AvgIpc) is 3.25. The maximum absolute atomic E-state index is 11.7. The highest BCUT2D eigenvalue weighted by molar-refractivity contribution is 5.69. The summed E-state index contributed by atoms with van der Waals surface area (Å²) in [6.07, 6.45) is 22.3. The monoisotopic (exact) mass is 869 g/mol. The largest absolute Gasteiger partial charge is 0.463 e. The first-order chi connectivity index (χ1) is 29.8. The number of rotatable bonds is 55. The van der Waals surface area contributed by atoms with Crippen molar-refractivity contribution >= 4 is 5.97 Å². The number of hydrogen-bond donors (Lipinski definition) is 0. The molecule has 14 heteroatoms. The van der Waals surface area contributed by atoms with Crippen molar-refractivity contribution in [3.63, 3.8) is 0 Å². The van der Waals surface area contributed by atoms with Gasteiger partial charge in [-0.25, -0.2) is 0 Å². The van der Waals surface area contributed by atoms with Crippen LogP contribution in [-0.4, -0.2) is 171 Å². The van der Waals surface area contributed by atoms with Crippen LogP contribution in [0.3, 0.4) is 0 Å². The number of unbranched alkanes of at least 4 members (excludes halogenated alkanes) is 15. The molecule has 360 valence electrons. The summed E-state index contributed by atoms with van der Waals surface area (Å²) in [5.41, 5.74) is 0. The molecule has 0 aliphatic carbocycles. The van der Waals surface area contributed by atoms with E-state index >= 15 is 0 Å². The van der Waals surface area contributed by atoms with E-state index in [1.165, 1.54) is 89.9 Å². The van der Waals surface area contributed by atoms with Gasteiger partial charge in [-0.3, -0.25) is 4.79 Å². The van der Waals surface area contributed by atoms with Gasteiger partial charge < -0.3 is 61.6 Å². The molecule has 0 aromatic carbocycles. The first-order valence-corrected chi connectivity index (χ1v) is 23.9. The molecule has 0 bridgehead atoms. The standard InChI is InChI=1S/C46H92O14/c1-3-5-7-9-11-12-13-14-15-17-19-21-48-22-23-49-24-25-50-26-27-51-28-29-52-30-31-53-32-33-54-34-35-55-36-37-56-38-39-57-40-41-58-42-43-59-44-45-60-46(47)20-18-16-10-8-6-4-2/h3-45H2,1-2H3. The molecule has 0 unspecified atom stereocenters. The van der Waals surface area contributed by atoms with Crippen molar-refractivity contribution in [2.75, 3.05) is 165 Å². The van der Waals surface area contributed by atoms with Gasteiger partial charge >= 0.3 is 5.97 Å².